The lowest BCUT2D eigenvalue weighted by atomic mass is 10.3. The van der Waals surface area contributed by atoms with E-state index in [1.807, 2.05) is 0 Å². The number of anilines is 1. The molecule has 1 heterocycles. The number of ether oxygens (including phenoxy) is 1. The van der Waals surface area contributed by atoms with E-state index in [1.54, 1.807) is 0 Å². The van der Waals surface area contributed by atoms with Crippen LogP contribution >= 0.6 is 0 Å². The van der Waals surface area contributed by atoms with Crippen LogP contribution in [-0.4, -0.2) is 23.2 Å². The Balaban J connectivity index is 2.47. The molecular formula is C9H7F2N3O2. The monoisotopic (exact) mass is 227 g/mol. The third-order valence-electron chi connectivity index (χ3n) is 1.95. The van der Waals surface area contributed by atoms with Gasteiger partial charge in [-0.05, 0) is 12.1 Å². The van der Waals surface area contributed by atoms with Crippen molar-refractivity contribution in [1.82, 2.24) is 9.97 Å². The number of hydrogen-bond acceptors (Lipinski definition) is 3. The first-order valence-electron chi connectivity index (χ1n) is 4.30. The molecule has 0 aliphatic heterocycles. The fraction of sp³-hybridized carbons (Fsp3) is 0.111. The number of hydrogen-bond donors (Lipinski definition) is 2. The van der Waals surface area contributed by atoms with Crippen LogP contribution in [0, 0.1) is 11.6 Å². The molecule has 2 N–H and O–H groups in total. The predicted octanol–water partition coefficient (Wildman–Crippen LogP) is 2.02. The van der Waals surface area contributed by atoms with Crippen LogP contribution in [0.4, 0.5) is 19.5 Å². The van der Waals surface area contributed by atoms with Crippen molar-refractivity contribution in [2.75, 3.05) is 12.4 Å². The van der Waals surface area contributed by atoms with Gasteiger partial charge in [0.15, 0.2) is 5.82 Å². The van der Waals surface area contributed by atoms with Crippen LogP contribution in [0.15, 0.2) is 12.1 Å². The van der Waals surface area contributed by atoms with E-state index in [0.29, 0.717) is 0 Å². The molecule has 0 spiro atoms. The van der Waals surface area contributed by atoms with Crippen molar-refractivity contribution in [3.8, 4) is 0 Å². The molecule has 2 rings (SSSR count). The highest BCUT2D eigenvalue weighted by Crippen LogP contribution is 2.20. The quantitative estimate of drug-likeness (QED) is 0.783. The summed E-state index contributed by atoms with van der Waals surface area (Å²) in [6.45, 7) is 0. The van der Waals surface area contributed by atoms with Crippen molar-refractivity contribution in [1.29, 1.82) is 0 Å². The van der Waals surface area contributed by atoms with Crippen LogP contribution in [0.1, 0.15) is 0 Å². The number of imidazole rings is 1. The minimum atomic E-state index is -0.778. The first-order valence-corrected chi connectivity index (χ1v) is 4.30. The van der Waals surface area contributed by atoms with E-state index in [9.17, 15) is 13.6 Å². The summed E-state index contributed by atoms with van der Waals surface area (Å²) in [6.07, 6.45) is -0.778. The van der Waals surface area contributed by atoms with Gasteiger partial charge in [0.2, 0.25) is 5.95 Å². The van der Waals surface area contributed by atoms with E-state index in [4.69, 9.17) is 0 Å². The van der Waals surface area contributed by atoms with Crippen molar-refractivity contribution >= 4 is 23.1 Å². The second-order valence-corrected chi connectivity index (χ2v) is 2.95. The van der Waals surface area contributed by atoms with Gasteiger partial charge in [-0.1, -0.05) is 0 Å². The van der Waals surface area contributed by atoms with Gasteiger partial charge in [-0.3, -0.25) is 5.32 Å². The Hall–Kier alpha value is -2.18. The molecule has 1 aromatic heterocycles. The number of methoxy groups -OCH3 is 1. The van der Waals surface area contributed by atoms with Gasteiger partial charge in [-0.15, -0.1) is 0 Å². The largest absolute Gasteiger partial charge is 0.453 e. The molecule has 84 valence electrons. The van der Waals surface area contributed by atoms with Crippen LogP contribution in [0.5, 0.6) is 0 Å². The minimum Gasteiger partial charge on any atom is -0.453 e. The van der Waals surface area contributed by atoms with Gasteiger partial charge in [0.1, 0.15) is 16.9 Å². The highest BCUT2D eigenvalue weighted by atomic mass is 19.1. The third-order valence-corrected chi connectivity index (χ3v) is 1.95. The number of fused-ring (bicyclic) bond motifs is 1. The number of aromatic amines is 1. The number of rotatable bonds is 1. The summed E-state index contributed by atoms with van der Waals surface area (Å²) in [4.78, 5) is 17.0. The van der Waals surface area contributed by atoms with Gasteiger partial charge in [0.05, 0.1) is 7.11 Å². The Morgan fingerprint density at radius 2 is 2.12 bits per heavy atom. The highest BCUT2D eigenvalue weighted by molar-refractivity contribution is 5.86. The molecule has 0 radical (unpaired) electrons. The normalized spacial score (nSPS) is 10.4. The van der Waals surface area contributed by atoms with E-state index < -0.39 is 17.7 Å². The number of H-pyrrole nitrogens is 1. The molecule has 1 amide bonds. The average molecular weight is 227 g/mol. The Labute approximate surface area is 88.4 Å². The Bertz CT molecular complexity index is 514. The van der Waals surface area contributed by atoms with E-state index in [2.05, 4.69) is 20.0 Å². The van der Waals surface area contributed by atoms with Crippen LogP contribution in [0.3, 0.4) is 0 Å². The van der Waals surface area contributed by atoms with Crippen molar-refractivity contribution in [3.63, 3.8) is 0 Å². The number of halogens is 2. The number of benzene rings is 1. The fourth-order valence-electron chi connectivity index (χ4n) is 1.23. The smallest absolute Gasteiger partial charge is 0.413 e. The summed E-state index contributed by atoms with van der Waals surface area (Å²) < 4.78 is 30.7. The zero-order chi connectivity index (χ0) is 11.7. The molecule has 7 heteroatoms. The highest BCUT2D eigenvalue weighted by Gasteiger charge is 2.13. The first kappa shape index (κ1) is 10.3. The maximum atomic E-state index is 13.2. The van der Waals surface area contributed by atoms with Crippen molar-refractivity contribution in [3.05, 3.63) is 23.8 Å². The second-order valence-electron chi connectivity index (χ2n) is 2.95. The molecule has 0 saturated carbocycles. The summed E-state index contributed by atoms with van der Waals surface area (Å²) in [7, 11) is 1.17. The Kier molecular flexibility index (Phi) is 2.43. The Morgan fingerprint density at radius 3 is 2.75 bits per heavy atom. The topological polar surface area (TPSA) is 67.0 Å². The molecule has 0 unspecified atom stereocenters. The maximum Gasteiger partial charge on any atom is 0.413 e. The maximum absolute atomic E-state index is 13.2. The van der Waals surface area contributed by atoms with Crippen LogP contribution in [0.2, 0.25) is 0 Å². The number of carbonyl (C=O) groups is 1. The molecule has 0 atom stereocenters. The summed E-state index contributed by atoms with van der Waals surface area (Å²) in [5.74, 6) is -1.40. The van der Waals surface area contributed by atoms with Crippen molar-refractivity contribution < 1.29 is 18.3 Å². The van der Waals surface area contributed by atoms with Gasteiger partial charge in [0, 0.05) is 0 Å². The summed E-state index contributed by atoms with van der Waals surface area (Å²) in [5.41, 5.74) is -0.280. The molecule has 5 nitrogen and oxygen atoms in total. The predicted molar refractivity (Wildman–Crippen MR) is 52.0 cm³/mol. The summed E-state index contributed by atoms with van der Waals surface area (Å²) in [6, 6.07) is 1.93. The molecule has 0 aliphatic rings. The lowest BCUT2D eigenvalue weighted by Gasteiger charge is -1.97. The van der Waals surface area contributed by atoms with Crippen LogP contribution < -0.4 is 5.32 Å². The second kappa shape index (κ2) is 3.76. The fourth-order valence-corrected chi connectivity index (χ4v) is 1.23. The van der Waals surface area contributed by atoms with Crippen molar-refractivity contribution in [2.24, 2.45) is 0 Å². The molecule has 0 fully saturated rings. The third kappa shape index (κ3) is 1.67. The molecular weight excluding hydrogens is 220 g/mol. The van der Waals surface area contributed by atoms with Gasteiger partial charge in [-0.2, -0.15) is 0 Å². The number of aromatic nitrogens is 2. The van der Waals surface area contributed by atoms with Gasteiger partial charge in [-0.25, -0.2) is 18.6 Å². The van der Waals surface area contributed by atoms with E-state index in [1.165, 1.54) is 7.11 Å². The zero-order valence-corrected chi connectivity index (χ0v) is 8.17. The number of carbonyl (C=O) groups excluding carboxylic acids is 1. The summed E-state index contributed by atoms with van der Waals surface area (Å²) in [5, 5.41) is 2.17. The van der Waals surface area contributed by atoms with E-state index >= 15 is 0 Å². The molecule has 16 heavy (non-hydrogen) atoms. The van der Waals surface area contributed by atoms with E-state index in [-0.39, 0.29) is 17.0 Å². The average Bonchev–Trinajstić information content (AvgIpc) is 2.68. The van der Waals surface area contributed by atoms with Gasteiger partial charge in [0.25, 0.3) is 0 Å². The summed E-state index contributed by atoms with van der Waals surface area (Å²) >= 11 is 0. The number of nitrogens with one attached hydrogen (secondary N) is 2. The van der Waals surface area contributed by atoms with Crippen molar-refractivity contribution in [2.45, 2.75) is 0 Å². The lowest BCUT2D eigenvalue weighted by Crippen LogP contribution is -2.11. The number of amides is 1. The van der Waals surface area contributed by atoms with Gasteiger partial charge < -0.3 is 9.72 Å². The van der Waals surface area contributed by atoms with Crippen LogP contribution in [0.25, 0.3) is 11.0 Å². The molecule has 0 saturated heterocycles. The minimum absolute atomic E-state index is 0.0779. The first-order chi connectivity index (χ1) is 7.61. The number of nitrogens with zero attached hydrogens (tertiary/aromatic N) is 1. The standard InChI is InChI=1S/C9H7F2N3O2/c1-16-9(15)14-8-12-6-4(10)2-3-5(11)7(6)13-8/h2-3H,1H3,(H2,12,13,14,15). The lowest BCUT2D eigenvalue weighted by molar-refractivity contribution is 0.186. The van der Waals surface area contributed by atoms with Gasteiger partial charge >= 0.3 is 6.09 Å². The SMILES string of the molecule is COC(=O)Nc1nc2c(F)ccc(F)c2[nH]1. The molecule has 0 aliphatic carbocycles. The van der Waals surface area contributed by atoms with Crippen LogP contribution in [-0.2, 0) is 4.74 Å². The van der Waals surface area contributed by atoms with E-state index in [0.717, 1.165) is 12.1 Å². The Morgan fingerprint density at radius 1 is 1.44 bits per heavy atom. The molecule has 2 aromatic rings. The zero-order valence-electron chi connectivity index (χ0n) is 8.17. The molecule has 1 aromatic carbocycles. The molecule has 0 bridgehead atoms.